The second-order valence-electron chi connectivity index (χ2n) is 4.27. The minimum atomic E-state index is -0.279. The molecule has 0 bridgehead atoms. The number of hydrogen-bond acceptors (Lipinski definition) is 1. The van der Waals surface area contributed by atoms with Crippen LogP contribution >= 0.6 is 11.6 Å². The Labute approximate surface area is 101 Å². The zero-order chi connectivity index (χ0) is 12.2. The molecule has 1 aromatic rings. The Morgan fingerprint density at radius 1 is 1.38 bits per heavy atom. The third-order valence-electron chi connectivity index (χ3n) is 2.69. The molecule has 16 heavy (non-hydrogen) atoms. The zero-order valence-corrected chi connectivity index (χ0v) is 10.5. The molecule has 0 spiro atoms. The van der Waals surface area contributed by atoms with E-state index in [2.05, 4.69) is 6.92 Å². The maximum absolute atomic E-state index is 12.7. The summed E-state index contributed by atoms with van der Waals surface area (Å²) >= 11 is 5.75. The number of hydrogen-bond donors (Lipinski definition) is 0. The average molecular weight is 243 g/mol. The van der Waals surface area contributed by atoms with Crippen LogP contribution in [0.2, 0.25) is 0 Å². The standard InChI is InChI=1S/C13H16ClFO/c1-4-13(2,3)12(9-14)16-11-7-5-10(15)6-8-11/h5-9H,4H2,1-3H3/b12-9-. The van der Waals surface area contributed by atoms with Gasteiger partial charge in [0, 0.05) is 11.0 Å². The van der Waals surface area contributed by atoms with Crippen molar-refractivity contribution in [1.29, 1.82) is 0 Å². The Bertz CT molecular complexity index is 368. The highest BCUT2D eigenvalue weighted by Gasteiger charge is 2.23. The molecule has 0 aliphatic rings. The predicted molar refractivity (Wildman–Crippen MR) is 65.0 cm³/mol. The van der Waals surface area contributed by atoms with Gasteiger partial charge in [-0.05, 0) is 30.7 Å². The minimum Gasteiger partial charge on any atom is -0.460 e. The molecule has 0 saturated carbocycles. The molecule has 1 rings (SSSR count). The van der Waals surface area contributed by atoms with Crippen LogP contribution in [0.15, 0.2) is 35.6 Å². The number of benzene rings is 1. The Morgan fingerprint density at radius 2 is 1.94 bits per heavy atom. The highest BCUT2D eigenvalue weighted by atomic mass is 35.5. The fourth-order valence-corrected chi connectivity index (χ4v) is 1.45. The Morgan fingerprint density at radius 3 is 2.38 bits per heavy atom. The van der Waals surface area contributed by atoms with Crippen molar-refractivity contribution in [1.82, 2.24) is 0 Å². The Kier molecular flexibility index (Phi) is 4.36. The molecule has 3 heteroatoms. The average Bonchev–Trinajstić information content (AvgIpc) is 2.28. The normalized spacial score (nSPS) is 12.7. The third-order valence-corrected chi connectivity index (χ3v) is 2.89. The second-order valence-corrected chi connectivity index (χ2v) is 4.48. The number of allylic oxidation sites excluding steroid dienone is 1. The summed E-state index contributed by atoms with van der Waals surface area (Å²) in [6, 6.07) is 5.89. The van der Waals surface area contributed by atoms with Gasteiger partial charge in [0.25, 0.3) is 0 Å². The van der Waals surface area contributed by atoms with E-state index in [9.17, 15) is 4.39 Å². The molecule has 0 amide bonds. The lowest BCUT2D eigenvalue weighted by molar-refractivity contribution is 0.267. The summed E-state index contributed by atoms with van der Waals surface area (Å²) < 4.78 is 18.3. The van der Waals surface area contributed by atoms with E-state index in [1.54, 1.807) is 12.1 Å². The van der Waals surface area contributed by atoms with Crippen LogP contribution in [0.1, 0.15) is 27.2 Å². The van der Waals surface area contributed by atoms with Crippen LogP contribution in [0.4, 0.5) is 4.39 Å². The molecule has 1 nitrogen and oxygen atoms in total. The summed E-state index contributed by atoms with van der Waals surface area (Å²) in [5, 5.41) is 0. The first-order valence-corrected chi connectivity index (χ1v) is 5.67. The van der Waals surface area contributed by atoms with Gasteiger partial charge in [-0.25, -0.2) is 4.39 Å². The van der Waals surface area contributed by atoms with Gasteiger partial charge in [0.1, 0.15) is 17.3 Å². The monoisotopic (exact) mass is 242 g/mol. The van der Waals surface area contributed by atoms with E-state index >= 15 is 0 Å². The fraction of sp³-hybridized carbons (Fsp3) is 0.385. The first kappa shape index (κ1) is 13.0. The lowest BCUT2D eigenvalue weighted by Gasteiger charge is -2.25. The van der Waals surface area contributed by atoms with Gasteiger partial charge in [0.15, 0.2) is 0 Å². The molecule has 0 unspecified atom stereocenters. The van der Waals surface area contributed by atoms with Crippen LogP contribution in [0.5, 0.6) is 5.75 Å². The van der Waals surface area contributed by atoms with Crippen molar-refractivity contribution in [2.75, 3.05) is 0 Å². The molecule has 0 aliphatic carbocycles. The van der Waals surface area contributed by atoms with Crippen LogP contribution in [0, 0.1) is 11.2 Å². The van der Waals surface area contributed by atoms with Gasteiger partial charge < -0.3 is 4.74 Å². The Hall–Kier alpha value is -1.02. The van der Waals surface area contributed by atoms with Crippen molar-refractivity contribution in [2.24, 2.45) is 5.41 Å². The van der Waals surface area contributed by atoms with E-state index < -0.39 is 0 Å². The topological polar surface area (TPSA) is 9.23 Å². The summed E-state index contributed by atoms with van der Waals surface area (Å²) in [7, 11) is 0. The smallest absolute Gasteiger partial charge is 0.127 e. The van der Waals surface area contributed by atoms with Crippen LogP contribution in [0.25, 0.3) is 0 Å². The molecule has 0 N–H and O–H groups in total. The molecule has 0 aliphatic heterocycles. The highest BCUT2D eigenvalue weighted by molar-refractivity contribution is 6.25. The highest BCUT2D eigenvalue weighted by Crippen LogP contribution is 2.32. The number of rotatable bonds is 4. The van der Waals surface area contributed by atoms with Gasteiger partial charge in [-0.15, -0.1) is 0 Å². The van der Waals surface area contributed by atoms with Gasteiger partial charge in [0.2, 0.25) is 0 Å². The summed E-state index contributed by atoms with van der Waals surface area (Å²) in [5.41, 5.74) is 1.31. The molecule has 0 heterocycles. The van der Waals surface area contributed by atoms with Crippen LogP contribution in [0.3, 0.4) is 0 Å². The van der Waals surface area contributed by atoms with Crippen molar-refractivity contribution in [3.05, 3.63) is 41.4 Å². The minimum absolute atomic E-state index is 0.129. The molecule has 0 fully saturated rings. The van der Waals surface area contributed by atoms with Crippen molar-refractivity contribution in [3.63, 3.8) is 0 Å². The third kappa shape index (κ3) is 3.24. The molecule has 0 saturated heterocycles. The van der Waals surface area contributed by atoms with Gasteiger partial charge >= 0.3 is 0 Å². The molecule has 0 atom stereocenters. The van der Waals surface area contributed by atoms with Crippen molar-refractivity contribution in [2.45, 2.75) is 27.2 Å². The fourth-order valence-electron chi connectivity index (χ4n) is 1.11. The summed E-state index contributed by atoms with van der Waals surface area (Å²) in [5.74, 6) is 0.997. The summed E-state index contributed by atoms with van der Waals surface area (Å²) in [6.07, 6.45) is 0.909. The SMILES string of the molecule is CCC(C)(C)/C(=C/Cl)Oc1ccc(F)cc1. The number of halogens is 2. The van der Waals surface area contributed by atoms with E-state index in [0.717, 1.165) is 6.42 Å². The largest absolute Gasteiger partial charge is 0.460 e. The van der Waals surface area contributed by atoms with E-state index in [1.807, 2.05) is 13.8 Å². The number of ether oxygens (including phenoxy) is 1. The maximum Gasteiger partial charge on any atom is 0.127 e. The van der Waals surface area contributed by atoms with Crippen LogP contribution < -0.4 is 4.74 Å². The molecule has 88 valence electrons. The van der Waals surface area contributed by atoms with Gasteiger partial charge in [-0.2, -0.15) is 0 Å². The molecular weight excluding hydrogens is 227 g/mol. The second kappa shape index (κ2) is 5.35. The van der Waals surface area contributed by atoms with Crippen LogP contribution in [-0.4, -0.2) is 0 Å². The van der Waals surface area contributed by atoms with E-state index in [-0.39, 0.29) is 11.2 Å². The molecule has 1 aromatic carbocycles. The summed E-state index contributed by atoms with van der Waals surface area (Å²) in [4.78, 5) is 0. The van der Waals surface area contributed by atoms with Gasteiger partial charge in [0.05, 0.1) is 0 Å². The van der Waals surface area contributed by atoms with Crippen molar-refractivity contribution in [3.8, 4) is 5.75 Å². The van der Waals surface area contributed by atoms with Gasteiger partial charge in [-0.3, -0.25) is 0 Å². The predicted octanol–water partition coefficient (Wildman–Crippen LogP) is 4.72. The van der Waals surface area contributed by atoms with Crippen molar-refractivity contribution < 1.29 is 9.13 Å². The zero-order valence-electron chi connectivity index (χ0n) is 9.76. The first-order chi connectivity index (χ1) is 7.49. The first-order valence-electron chi connectivity index (χ1n) is 5.24. The maximum atomic E-state index is 12.7. The lowest BCUT2D eigenvalue weighted by Crippen LogP contribution is -2.17. The Balaban J connectivity index is 2.83. The quantitative estimate of drug-likeness (QED) is 0.694. The van der Waals surface area contributed by atoms with E-state index in [0.29, 0.717) is 11.5 Å². The van der Waals surface area contributed by atoms with Crippen molar-refractivity contribution >= 4 is 11.6 Å². The molecule has 0 aromatic heterocycles. The van der Waals surface area contributed by atoms with E-state index in [1.165, 1.54) is 17.7 Å². The summed E-state index contributed by atoms with van der Waals surface area (Å²) in [6.45, 7) is 6.16. The molecular formula is C13H16ClFO. The molecule has 0 radical (unpaired) electrons. The van der Waals surface area contributed by atoms with E-state index in [4.69, 9.17) is 16.3 Å². The van der Waals surface area contributed by atoms with Gasteiger partial charge in [-0.1, -0.05) is 32.4 Å². The lowest BCUT2D eigenvalue weighted by atomic mass is 9.88. The van der Waals surface area contributed by atoms with Crippen LogP contribution in [-0.2, 0) is 0 Å².